The van der Waals surface area contributed by atoms with Crippen molar-refractivity contribution < 1.29 is 9.15 Å². The number of nitrogens with zero attached hydrogens (tertiary/aromatic N) is 2. The Kier molecular flexibility index (Phi) is 9.25. The monoisotopic (exact) mass is 994 g/mol. The molecule has 7 heteroatoms. The van der Waals surface area contributed by atoms with Crippen LogP contribution in [0.2, 0.25) is 0 Å². The molecule has 0 amide bonds. The Labute approximate surface area is 441 Å². The lowest BCUT2D eigenvalue weighted by atomic mass is 9.43. The highest BCUT2D eigenvalue weighted by Crippen LogP contribution is 2.58. The third-order valence-corrected chi connectivity index (χ3v) is 19.3. The summed E-state index contributed by atoms with van der Waals surface area (Å²) in [6.07, 6.45) is 2.30. The normalized spacial score (nSPS) is 15.9. The fourth-order valence-electron chi connectivity index (χ4n) is 13.1. The zero-order chi connectivity index (χ0) is 50.2. The standard InChI is InChI=1S/C67H55BN2O2S2/c1-38-32-45-46(67(7,8)31-30-66(45,5)6)35-50(38)69-51-37-59-56(72-54-23-15-17-25-58(54)73-59)36-47(51)68-63-52(69)34-44-41-20-13-16-24-57(41)74-64(44)62(63)61-49(28-29-55-60(61)42-21-12-14-22-53(42)71-55)70(68)48-27-26-40(65(2,3)4)33-43(48)39-18-10-9-11-19-39/h9-29,32-37H,30-31H2,1-8H3. The molecule has 9 aromatic carbocycles. The third-order valence-electron chi connectivity index (χ3n) is 17.0. The van der Waals surface area contributed by atoms with Gasteiger partial charge in [0.05, 0.1) is 9.79 Å². The van der Waals surface area contributed by atoms with Gasteiger partial charge < -0.3 is 18.9 Å². The van der Waals surface area contributed by atoms with Crippen molar-refractivity contribution in [1.82, 2.24) is 0 Å². The molecule has 0 bridgehead atoms. The molecule has 0 radical (unpaired) electrons. The van der Waals surface area contributed by atoms with Gasteiger partial charge in [-0.25, -0.2) is 0 Å². The number of anilines is 5. The van der Waals surface area contributed by atoms with Crippen molar-refractivity contribution in [3.8, 4) is 33.8 Å². The quantitative estimate of drug-likeness (QED) is 0.165. The van der Waals surface area contributed by atoms with E-state index in [2.05, 4.69) is 229 Å². The summed E-state index contributed by atoms with van der Waals surface area (Å²) < 4.78 is 16.5. The maximum Gasteiger partial charge on any atom is 0.333 e. The van der Waals surface area contributed by atoms with Crippen molar-refractivity contribution in [3.63, 3.8) is 0 Å². The molecule has 0 atom stereocenters. The Morgan fingerprint density at radius 3 is 2.09 bits per heavy atom. The van der Waals surface area contributed by atoms with Crippen LogP contribution >= 0.6 is 23.1 Å². The average molecular weight is 995 g/mol. The first-order valence-corrected chi connectivity index (χ1v) is 27.9. The largest absolute Gasteiger partial charge is 0.456 e. The summed E-state index contributed by atoms with van der Waals surface area (Å²) in [4.78, 5) is 7.61. The molecule has 4 nitrogen and oxygen atoms in total. The van der Waals surface area contributed by atoms with Gasteiger partial charge in [0.25, 0.3) is 0 Å². The second-order valence-corrected chi connectivity index (χ2v) is 25.6. The fourth-order valence-corrected chi connectivity index (χ4v) is 15.3. The Balaban J connectivity index is 1.14. The van der Waals surface area contributed by atoms with Gasteiger partial charge in [-0.3, -0.25) is 0 Å². The van der Waals surface area contributed by atoms with E-state index in [1.54, 1.807) is 0 Å². The number of fused-ring (bicyclic) bond motifs is 15. The number of para-hydroxylation sites is 2. The lowest BCUT2D eigenvalue weighted by molar-refractivity contribution is 0.332. The van der Waals surface area contributed by atoms with Crippen molar-refractivity contribution in [1.29, 1.82) is 0 Å². The molecule has 0 saturated carbocycles. The summed E-state index contributed by atoms with van der Waals surface area (Å²) in [5.41, 5.74) is 20.6. The molecular weight excluding hydrogens is 940 g/mol. The van der Waals surface area contributed by atoms with E-state index in [1.807, 2.05) is 23.1 Å². The number of aryl methyl sites for hydroxylation is 1. The minimum absolute atomic E-state index is 0.00138. The number of furan rings is 1. The van der Waals surface area contributed by atoms with Gasteiger partial charge in [-0.05, 0) is 148 Å². The van der Waals surface area contributed by atoms with Gasteiger partial charge in [-0.1, -0.05) is 151 Å². The highest BCUT2D eigenvalue weighted by atomic mass is 32.2. The predicted molar refractivity (Wildman–Crippen MR) is 315 cm³/mol. The number of ether oxygens (including phenoxy) is 1. The van der Waals surface area contributed by atoms with Gasteiger partial charge in [-0.2, -0.15) is 0 Å². The fraction of sp³-hybridized carbons (Fsp3) is 0.194. The maximum absolute atomic E-state index is 7.06. The summed E-state index contributed by atoms with van der Waals surface area (Å²) in [7, 11) is 0. The molecule has 4 aliphatic rings. The molecule has 5 heterocycles. The van der Waals surface area contributed by atoms with Crippen LogP contribution in [0.3, 0.4) is 0 Å². The molecule has 1 aliphatic carbocycles. The second-order valence-electron chi connectivity index (χ2n) is 23.5. The highest BCUT2D eigenvalue weighted by Gasteiger charge is 2.49. The highest BCUT2D eigenvalue weighted by molar-refractivity contribution is 7.99. The summed E-state index contributed by atoms with van der Waals surface area (Å²) in [6, 6.07) is 61.6. The Hall–Kier alpha value is -7.19. The van der Waals surface area contributed by atoms with Crippen molar-refractivity contribution in [2.75, 3.05) is 9.71 Å². The molecule has 3 aliphatic heterocycles. The van der Waals surface area contributed by atoms with Crippen LogP contribution in [-0.2, 0) is 16.2 Å². The van der Waals surface area contributed by atoms with E-state index in [4.69, 9.17) is 9.15 Å². The summed E-state index contributed by atoms with van der Waals surface area (Å²) in [6.45, 7) is 18.8. The van der Waals surface area contributed by atoms with Gasteiger partial charge in [0.1, 0.15) is 22.7 Å². The minimum Gasteiger partial charge on any atom is -0.456 e. The topological polar surface area (TPSA) is 28.9 Å². The first-order valence-electron chi connectivity index (χ1n) is 26.2. The van der Waals surface area contributed by atoms with Crippen LogP contribution in [0.25, 0.3) is 64.4 Å². The molecule has 0 saturated heterocycles. The molecule has 0 spiro atoms. The molecule has 15 rings (SSSR count). The molecule has 74 heavy (non-hydrogen) atoms. The summed E-state index contributed by atoms with van der Waals surface area (Å²) >= 11 is 3.73. The average Bonchev–Trinajstić information content (AvgIpc) is 3.97. The van der Waals surface area contributed by atoms with E-state index in [-0.39, 0.29) is 23.1 Å². The number of benzene rings is 9. The Morgan fingerprint density at radius 1 is 0.568 bits per heavy atom. The van der Waals surface area contributed by atoms with Crippen molar-refractivity contribution >= 4 is 111 Å². The molecule has 0 fully saturated rings. The maximum atomic E-state index is 7.06. The van der Waals surface area contributed by atoms with Crippen molar-refractivity contribution in [3.05, 3.63) is 186 Å². The predicted octanol–water partition coefficient (Wildman–Crippen LogP) is 18.5. The lowest BCUT2D eigenvalue weighted by Gasteiger charge is -2.48. The van der Waals surface area contributed by atoms with Crippen LogP contribution in [0.1, 0.15) is 83.6 Å². The van der Waals surface area contributed by atoms with Crippen LogP contribution in [0.15, 0.2) is 178 Å². The van der Waals surface area contributed by atoms with Crippen LogP contribution in [0.5, 0.6) is 11.5 Å². The molecule has 0 N–H and O–H groups in total. The number of hydrogen-bond acceptors (Lipinski definition) is 6. The Bertz CT molecular complexity index is 4230. The van der Waals surface area contributed by atoms with E-state index >= 15 is 0 Å². The van der Waals surface area contributed by atoms with Crippen LogP contribution < -0.4 is 25.4 Å². The van der Waals surface area contributed by atoms with Gasteiger partial charge in [-0.15, -0.1) is 11.3 Å². The van der Waals surface area contributed by atoms with E-state index < -0.39 is 0 Å². The molecular formula is C67H55BN2O2S2. The Morgan fingerprint density at radius 2 is 1.28 bits per heavy atom. The first-order chi connectivity index (χ1) is 35.7. The number of hydrogen-bond donors (Lipinski definition) is 0. The molecule has 0 unspecified atom stereocenters. The van der Waals surface area contributed by atoms with Crippen LogP contribution in [0.4, 0.5) is 28.4 Å². The molecule has 11 aromatic rings. The van der Waals surface area contributed by atoms with Gasteiger partial charge in [0, 0.05) is 76.1 Å². The molecule has 360 valence electrons. The van der Waals surface area contributed by atoms with E-state index in [1.165, 1.54) is 92.7 Å². The van der Waals surface area contributed by atoms with Gasteiger partial charge >= 0.3 is 6.85 Å². The van der Waals surface area contributed by atoms with Crippen LogP contribution in [0, 0.1) is 6.92 Å². The summed E-state index contributed by atoms with van der Waals surface area (Å²) in [5.74, 6) is 1.78. The van der Waals surface area contributed by atoms with E-state index in [9.17, 15) is 0 Å². The first kappa shape index (κ1) is 44.3. The molecule has 2 aromatic heterocycles. The van der Waals surface area contributed by atoms with E-state index in [0.29, 0.717) is 0 Å². The van der Waals surface area contributed by atoms with Crippen molar-refractivity contribution in [2.24, 2.45) is 0 Å². The van der Waals surface area contributed by atoms with Gasteiger partial charge in [0.15, 0.2) is 0 Å². The van der Waals surface area contributed by atoms with Crippen molar-refractivity contribution in [2.45, 2.75) is 94.3 Å². The minimum atomic E-state index is -0.267. The summed E-state index contributed by atoms with van der Waals surface area (Å²) in [5, 5.41) is 4.83. The van der Waals surface area contributed by atoms with Crippen LogP contribution in [-0.4, -0.2) is 6.85 Å². The van der Waals surface area contributed by atoms with E-state index in [0.717, 1.165) is 67.4 Å². The number of thiophene rings is 1. The zero-order valence-electron chi connectivity index (χ0n) is 43.1. The zero-order valence-corrected chi connectivity index (χ0v) is 44.7. The number of rotatable bonds is 3. The smallest absolute Gasteiger partial charge is 0.333 e. The SMILES string of the molecule is Cc1cc2c(cc1N1c3cc4c(cc3B3c5c1cc1c(sc6ccccc61)c5-c1c(ccc5oc6ccccc6c15)N3c1ccc(C(C)(C)C)cc1-c1ccccc1)Oc1ccccc1S4)C(C)(C)CCC2(C)C. The van der Waals surface area contributed by atoms with Gasteiger partial charge in [0.2, 0.25) is 0 Å². The lowest BCUT2D eigenvalue weighted by Crippen LogP contribution is -2.61. The third kappa shape index (κ3) is 6.29. The second kappa shape index (κ2) is 15.4.